The number of hydrogen-bond donors (Lipinski definition) is 2. The number of nitrogens with one attached hydrogen (secondary N) is 2. The zero-order valence-corrected chi connectivity index (χ0v) is 15.4. The van der Waals surface area contributed by atoms with Crippen LogP contribution >= 0.6 is 24.0 Å². The van der Waals surface area contributed by atoms with Crippen LogP contribution in [0.15, 0.2) is 47.4 Å². The Labute approximate surface area is 157 Å². The molecule has 2 heterocycles. The first-order valence-corrected chi connectivity index (χ1v) is 8.38. The summed E-state index contributed by atoms with van der Waals surface area (Å²) in [5, 5.41) is 6.69. The summed E-state index contributed by atoms with van der Waals surface area (Å²) in [7, 11) is 0. The molecule has 25 heavy (non-hydrogen) atoms. The summed E-state index contributed by atoms with van der Waals surface area (Å²) in [6, 6.07) is 10.5. The Balaban J connectivity index is 0.00000225. The first kappa shape index (κ1) is 19.5. The lowest BCUT2D eigenvalue weighted by molar-refractivity contribution is -0.121. The highest BCUT2D eigenvalue weighted by molar-refractivity contribution is 6.31. The van der Waals surface area contributed by atoms with Crippen LogP contribution in [0, 0.1) is 11.8 Å². The van der Waals surface area contributed by atoms with E-state index in [1.807, 2.05) is 25.1 Å². The molecule has 1 aromatic heterocycles. The predicted molar refractivity (Wildman–Crippen MR) is 103 cm³/mol. The lowest BCUT2D eigenvalue weighted by Crippen LogP contribution is -2.48. The van der Waals surface area contributed by atoms with E-state index in [1.165, 1.54) is 6.07 Å². The Morgan fingerprint density at radius 2 is 2.04 bits per heavy atom. The second kappa shape index (κ2) is 8.52. The van der Waals surface area contributed by atoms with Crippen LogP contribution in [0.5, 0.6) is 0 Å². The number of rotatable bonds is 5. The van der Waals surface area contributed by atoms with Crippen molar-refractivity contribution in [3.05, 3.63) is 63.5 Å². The van der Waals surface area contributed by atoms with Crippen LogP contribution in [0.1, 0.15) is 12.5 Å². The van der Waals surface area contributed by atoms with Gasteiger partial charge in [-0.15, -0.1) is 12.4 Å². The summed E-state index contributed by atoms with van der Waals surface area (Å²) >= 11 is 6.16. The summed E-state index contributed by atoms with van der Waals surface area (Å²) in [6.07, 6.45) is 1.66. The van der Waals surface area contributed by atoms with Crippen molar-refractivity contribution < 1.29 is 4.79 Å². The molecule has 7 heteroatoms. The van der Waals surface area contributed by atoms with Gasteiger partial charge in [0.1, 0.15) is 0 Å². The molecule has 2 aromatic rings. The van der Waals surface area contributed by atoms with Crippen LogP contribution in [0.3, 0.4) is 0 Å². The summed E-state index contributed by atoms with van der Waals surface area (Å²) in [5.41, 5.74) is 1.34. The van der Waals surface area contributed by atoms with Crippen LogP contribution < -0.4 is 16.2 Å². The molecule has 0 aliphatic carbocycles. The Hall–Kier alpha value is -1.82. The molecule has 0 radical (unpaired) electrons. The highest BCUT2D eigenvalue weighted by atomic mass is 35.5. The van der Waals surface area contributed by atoms with Gasteiger partial charge in [-0.3, -0.25) is 9.59 Å². The highest BCUT2D eigenvalue weighted by Crippen LogP contribution is 2.19. The standard InChI is InChI=1S/C18H20ClN3O2.ClH/c1-12(14-8-20-9-14)18(24)21-15-6-7-17(23)22(11-15)10-13-4-2-3-5-16(13)19;/h2-7,11-12,14,20H,8-10H2,1H3,(H,21,24);1H. The first-order chi connectivity index (χ1) is 11.5. The van der Waals surface area contributed by atoms with Crippen LogP contribution in [-0.2, 0) is 11.3 Å². The van der Waals surface area contributed by atoms with Gasteiger partial charge in [0.15, 0.2) is 0 Å². The van der Waals surface area contributed by atoms with Crippen molar-refractivity contribution in [2.45, 2.75) is 13.5 Å². The van der Waals surface area contributed by atoms with E-state index in [2.05, 4.69) is 10.6 Å². The van der Waals surface area contributed by atoms with Crippen molar-refractivity contribution in [1.29, 1.82) is 0 Å². The number of halogens is 2. The molecule has 1 atom stereocenters. The van der Waals surface area contributed by atoms with Crippen LogP contribution in [0.4, 0.5) is 5.69 Å². The Morgan fingerprint density at radius 1 is 1.32 bits per heavy atom. The Bertz CT molecular complexity index is 803. The fraction of sp³-hybridized carbons (Fsp3) is 0.333. The molecule has 1 amide bonds. The number of anilines is 1. The smallest absolute Gasteiger partial charge is 0.250 e. The molecule has 1 saturated heterocycles. The van der Waals surface area contributed by atoms with Crippen LogP contribution in [0.25, 0.3) is 0 Å². The van der Waals surface area contributed by atoms with Crippen LogP contribution in [-0.4, -0.2) is 23.6 Å². The Morgan fingerprint density at radius 3 is 2.68 bits per heavy atom. The molecule has 3 rings (SSSR count). The van der Waals surface area contributed by atoms with Gasteiger partial charge in [-0.2, -0.15) is 0 Å². The first-order valence-electron chi connectivity index (χ1n) is 8.00. The number of carbonyl (C=O) groups excluding carboxylic acids is 1. The summed E-state index contributed by atoms with van der Waals surface area (Å²) in [4.78, 5) is 24.4. The van der Waals surface area contributed by atoms with E-state index in [1.54, 1.807) is 22.9 Å². The molecule has 1 fully saturated rings. The molecular formula is C18H21Cl2N3O2. The van der Waals surface area contributed by atoms with Gasteiger partial charge in [0, 0.05) is 23.2 Å². The topological polar surface area (TPSA) is 63.1 Å². The summed E-state index contributed by atoms with van der Waals surface area (Å²) < 4.78 is 1.55. The maximum atomic E-state index is 12.3. The Kier molecular flexibility index (Phi) is 6.64. The summed E-state index contributed by atoms with van der Waals surface area (Å²) in [6.45, 7) is 4.05. The normalized spacial score (nSPS) is 15.0. The second-order valence-corrected chi connectivity index (χ2v) is 6.58. The lowest BCUT2D eigenvalue weighted by Gasteiger charge is -2.31. The third-order valence-electron chi connectivity index (χ3n) is 4.48. The quantitative estimate of drug-likeness (QED) is 0.836. The molecule has 5 nitrogen and oxygen atoms in total. The van der Waals surface area contributed by atoms with Crippen molar-refractivity contribution in [3.8, 4) is 0 Å². The minimum Gasteiger partial charge on any atom is -0.325 e. The predicted octanol–water partition coefficient (Wildman–Crippen LogP) is 2.77. The number of nitrogens with zero attached hydrogens (tertiary/aromatic N) is 1. The maximum absolute atomic E-state index is 12.3. The van der Waals surface area contributed by atoms with E-state index in [0.717, 1.165) is 18.7 Å². The molecule has 0 spiro atoms. The van der Waals surface area contributed by atoms with Crippen molar-refractivity contribution in [3.63, 3.8) is 0 Å². The van der Waals surface area contributed by atoms with Gasteiger partial charge in [-0.05, 0) is 36.7 Å². The average molecular weight is 382 g/mol. The van der Waals surface area contributed by atoms with Gasteiger partial charge in [-0.25, -0.2) is 0 Å². The molecular weight excluding hydrogens is 361 g/mol. The van der Waals surface area contributed by atoms with E-state index in [9.17, 15) is 9.59 Å². The minimum atomic E-state index is -0.135. The zero-order valence-electron chi connectivity index (χ0n) is 13.9. The van der Waals surface area contributed by atoms with Gasteiger partial charge < -0.3 is 15.2 Å². The molecule has 2 N–H and O–H groups in total. The van der Waals surface area contributed by atoms with Crippen molar-refractivity contribution in [2.24, 2.45) is 11.8 Å². The zero-order chi connectivity index (χ0) is 17.1. The van der Waals surface area contributed by atoms with Crippen LogP contribution in [0.2, 0.25) is 5.02 Å². The molecule has 1 aliphatic heterocycles. The fourth-order valence-corrected chi connectivity index (χ4v) is 2.87. The third kappa shape index (κ3) is 4.63. The maximum Gasteiger partial charge on any atom is 0.250 e. The van der Waals surface area contributed by atoms with Gasteiger partial charge in [0.05, 0.1) is 12.2 Å². The lowest BCUT2D eigenvalue weighted by atomic mass is 9.88. The summed E-state index contributed by atoms with van der Waals surface area (Å²) in [5.74, 6) is 0.290. The second-order valence-electron chi connectivity index (χ2n) is 6.17. The van der Waals surface area contributed by atoms with Crippen molar-refractivity contribution in [1.82, 2.24) is 9.88 Å². The number of amides is 1. The molecule has 1 aliphatic rings. The largest absolute Gasteiger partial charge is 0.325 e. The third-order valence-corrected chi connectivity index (χ3v) is 4.85. The number of carbonyl (C=O) groups is 1. The van der Waals surface area contributed by atoms with E-state index < -0.39 is 0 Å². The van der Waals surface area contributed by atoms with Crippen molar-refractivity contribution >= 4 is 35.6 Å². The van der Waals surface area contributed by atoms with Gasteiger partial charge in [-0.1, -0.05) is 36.7 Å². The molecule has 0 bridgehead atoms. The number of hydrogen-bond acceptors (Lipinski definition) is 3. The highest BCUT2D eigenvalue weighted by Gasteiger charge is 2.28. The SMILES string of the molecule is CC(C(=O)Nc1ccc(=O)n(Cc2ccccc2Cl)c1)C1CNC1.Cl. The molecule has 134 valence electrons. The van der Waals surface area contributed by atoms with E-state index in [-0.39, 0.29) is 29.8 Å². The number of benzene rings is 1. The monoisotopic (exact) mass is 381 g/mol. The fourth-order valence-electron chi connectivity index (χ4n) is 2.67. The number of aromatic nitrogens is 1. The molecule has 0 saturated carbocycles. The minimum absolute atomic E-state index is 0. The van der Waals surface area contributed by atoms with E-state index in [0.29, 0.717) is 23.2 Å². The van der Waals surface area contributed by atoms with E-state index in [4.69, 9.17) is 11.6 Å². The average Bonchev–Trinajstić information content (AvgIpc) is 2.51. The van der Waals surface area contributed by atoms with Gasteiger partial charge in [0.2, 0.25) is 5.91 Å². The van der Waals surface area contributed by atoms with Gasteiger partial charge in [0.25, 0.3) is 5.56 Å². The van der Waals surface area contributed by atoms with Crippen molar-refractivity contribution in [2.75, 3.05) is 18.4 Å². The molecule has 1 unspecified atom stereocenters. The molecule has 1 aromatic carbocycles. The van der Waals surface area contributed by atoms with E-state index >= 15 is 0 Å². The number of pyridine rings is 1. The van der Waals surface area contributed by atoms with Gasteiger partial charge >= 0.3 is 0 Å².